The normalized spacial score (nSPS) is 18.0. The summed E-state index contributed by atoms with van der Waals surface area (Å²) in [7, 11) is 1.09. The zero-order valence-corrected chi connectivity index (χ0v) is 13.8. The Bertz CT molecular complexity index is 704. The Morgan fingerprint density at radius 2 is 2.00 bits per heavy atom. The average molecular weight is 354 g/mol. The number of rotatable bonds is 2. The molecule has 0 spiro atoms. The maximum absolute atomic E-state index is 13.9. The van der Waals surface area contributed by atoms with Gasteiger partial charge in [-0.05, 0) is 24.0 Å². The molecular weight excluding hydrogens is 340 g/mol. The van der Waals surface area contributed by atoms with Crippen LogP contribution in [0.15, 0.2) is 17.0 Å². The zero-order chi connectivity index (χ0) is 16.0. The van der Waals surface area contributed by atoms with E-state index in [1.807, 2.05) is 13.8 Å². The molecule has 0 atom stereocenters. The highest BCUT2D eigenvalue weighted by molar-refractivity contribution is 8.13. The lowest BCUT2D eigenvalue weighted by Crippen LogP contribution is -2.31. The van der Waals surface area contributed by atoms with Crippen molar-refractivity contribution < 1.29 is 17.6 Å². The molecule has 1 aliphatic rings. The number of amides is 1. The fourth-order valence-electron chi connectivity index (χ4n) is 2.34. The summed E-state index contributed by atoms with van der Waals surface area (Å²) in [6, 6.07) is 1.69. The van der Waals surface area contributed by atoms with Crippen LogP contribution in [0.25, 0.3) is 0 Å². The lowest BCUT2D eigenvalue weighted by Gasteiger charge is -2.20. The number of likely N-dealkylation sites (tertiary alicyclic amines) is 1. The Balaban J connectivity index is 2.43. The monoisotopic (exact) mass is 353 g/mol. The second-order valence-electron chi connectivity index (χ2n) is 5.84. The van der Waals surface area contributed by atoms with Gasteiger partial charge < -0.3 is 4.90 Å². The fourth-order valence-corrected chi connectivity index (χ4v) is 3.84. The van der Waals surface area contributed by atoms with Crippen molar-refractivity contribution in [3.8, 4) is 0 Å². The fraction of sp³-hybridized carbons (Fsp3) is 0.462. The summed E-state index contributed by atoms with van der Waals surface area (Å²) in [5.74, 6) is -1.42. The first-order valence-corrected chi connectivity index (χ1v) is 8.93. The van der Waals surface area contributed by atoms with Gasteiger partial charge in [-0.2, -0.15) is 0 Å². The van der Waals surface area contributed by atoms with Crippen LogP contribution in [0.5, 0.6) is 0 Å². The maximum Gasteiger partial charge on any atom is 0.262 e. The molecule has 0 radical (unpaired) electrons. The first kappa shape index (κ1) is 16.5. The van der Waals surface area contributed by atoms with Gasteiger partial charge in [0.15, 0.2) is 0 Å². The highest BCUT2D eigenvalue weighted by atomic mass is 35.7. The Kier molecular flexibility index (Phi) is 4.26. The summed E-state index contributed by atoms with van der Waals surface area (Å²) in [6.45, 7) is 4.99. The molecule has 1 amide bonds. The van der Waals surface area contributed by atoms with E-state index in [0.29, 0.717) is 13.1 Å². The van der Waals surface area contributed by atoms with Gasteiger partial charge in [0.05, 0.1) is 10.6 Å². The Labute approximate surface area is 132 Å². The van der Waals surface area contributed by atoms with Crippen LogP contribution in [0.2, 0.25) is 5.02 Å². The largest absolute Gasteiger partial charge is 0.338 e. The van der Waals surface area contributed by atoms with Crippen molar-refractivity contribution in [3.05, 3.63) is 28.5 Å². The third-order valence-electron chi connectivity index (χ3n) is 3.48. The van der Waals surface area contributed by atoms with E-state index >= 15 is 0 Å². The van der Waals surface area contributed by atoms with Crippen molar-refractivity contribution in [3.63, 3.8) is 0 Å². The van der Waals surface area contributed by atoms with Gasteiger partial charge >= 0.3 is 0 Å². The average Bonchev–Trinajstić information content (AvgIpc) is 2.67. The van der Waals surface area contributed by atoms with E-state index in [1.165, 1.54) is 4.90 Å². The van der Waals surface area contributed by atoms with Gasteiger partial charge in [0.1, 0.15) is 10.7 Å². The molecule has 0 N–H and O–H groups in total. The van der Waals surface area contributed by atoms with Crippen LogP contribution < -0.4 is 0 Å². The minimum absolute atomic E-state index is 0.0417. The molecule has 0 unspecified atom stereocenters. The molecule has 0 bridgehead atoms. The first-order valence-electron chi connectivity index (χ1n) is 6.24. The van der Waals surface area contributed by atoms with Gasteiger partial charge in [-0.15, -0.1) is 0 Å². The van der Waals surface area contributed by atoms with E-state index in [-0.39, 0.29) is 16.0 Å². The minimum atomic E-state index is -4.15. The van der Waals surface area contributed by atoms with E-state index in [1.54, 1.807) is 0 Å². The predicted molar refractivity (Wildman–Crippen MR) is 78.8 cm³/mol. The zero-order valence-electron chi connectivity index (χ0n) is 11.5. The highest BCUT2D eigenvalue weighted by Crippen LogP contribution is 2.32. The maximum atomic E-state index is 13.9. The summed E-state index contributed by atoms with van der Waals surface area (Å²) in [5, 5.41) is -0.346. The van der Waals surface area contributed by atoms with Crippen molar-refractivity contribution in [1.29, 1.82) is 0 Å². The van der Waals surface area contributed by atoms with Crippen LogP contribution in [-0.2, 0) is 9.05 Å². The molecule has 1 aromatic carbocycles. The number of nitrogens with zero attached hydrogens (tertiary/aromatic N) is 1. The smallest absolute Gasteiger partial charge is 0.262 e. The quantitative estimate of drug-likeness (QED) is 0.766. The van der Waals surface area contributed by atoms with E-state index in [2.05, 4.69) is 0 Å². The second kappa shape index (κ2) is 5.41. The molecule has 8 heteroatoms. The minimum Gasteiger partial charge on any atom is -0.338 e. The van der Waals surface area contributed by atoms with Crippen molar-refractivity contribution in [2.24, 2.45) is 5.41 Å². The molecule has 4 nitrogen and oxygen atoms in total. The molecule has 1 fully saturated rings. The van der Waals surface area contributed by atoms with Crippen LogP contribution in [-0.4, -0.2) is 32.3 Å². The first-order chi connectivity index (χ1) is 9.51. The molecule has 0 aliphatic carbocycles. The Hall–Kier alpha value is -0.850. The van der Waals surface area contributed by atoms with Gasteiger partial charge in [-0.1, -0.05) is 25.4 Å². The molecule has 0 aromatic heterocycles. The Morgan fingerprint density at radius 1 is 1.38 bits per heavy atom. The van der Waals surface area contributed by atoms with Crippen molar-refractivity contribution in [2.45, 2.75) is 25.2 Å². The van der Waals surface area contributed by atoms with E-state index < -0.39 is 25.7 Å². The molecule has 1 saturated heterocycles. The number of hydrogen-bond donors (Lipinski definition) is 0. The number of benzene rings is 1. The van der Waals surface area contributed by atoms with E-state index in [4.69, 9.17) is 22.3 Å². The standard InChI is InChI=1S/C13H14Cl2FNO3S/c1-13(2)3-4-17(7-13)12(18)8-5-11(21(15,19)20)9(14)6-10(8)16/h5-6H,3-4,7H2,1-2H3. The molecule has 0 saturated carbocycles. The van der Waals surface area contributed by atoms with Gasteiger partial charge in [0, 0.05) is 23.8 Å². The van der Waals surface area contributed by atoms with Crippen LogP contribution in [0.3, 0.4) is 0 Å². The van der Waals surface area contributed by atoms with Crippen LogP contribution >= 0.6 is 22.3 Å². The third kappa shape index (κ3) is 3.49. The van der Waals surface area contributed by atoms with Crippen LogP contribution in [0, 0.1) is 11.2 Å². The van der Waals surface area contributed by atoms with Crippen LogP contribution in [0.4, 0.5) is 4.39 Å². The molecule has 1 heterocycles. The predicted octanol–water partition coefficient (Wildman–Crippen LogP) is 3.28. The summed E-state index contributed by atoms with van der Waals surface area (Å²) in [4.78, 5) is 13.4. The number of carbonyl (C=O) groups excluding carboxylic acids is 1. The number of carbonyl (C=O) groups is 1. The summed E-state index contributed by atoms with van der Waals surface area (Å²) in [6.07, 6.45) is 0.800. The summed E-state index contributed by atoms with van der Waals surface area (Å²) >= 11 is 5.67. The third-order valence-corrected chi connectivity index (χ3v) is 5.27. The summed E-state index contributed by atoms with van der Waals surface area (Å²) in [5.41, 5.74) is -0.378. The molecule has 116 valence electrons. The van der Waals surface area contributed by atoms with E-state index in [9.17, 15) is 17.6 Å². The van der Waals surface area contributed by atoms with Crippen LogP contribution in [0.1, 0.15) is 30.6 Å². The Morgan fingerprint density at radius 3 is 2.48 bits per heavy atom. The number of halogens is 3. The van der Waals surface area contributed by atoms with Crippen molar-refractivity contribution in [2.75, 3.05) is 13.1 Å². The molecule has 21 heavy (non-hydrogen) atoms. The summed E-state index contributed by atoms with van der Waals surface area (Å²) < 4.78 is 36.7. The topological polar surface area (TPSA) is 54.5 Å². The second-order valence-corrected chi connectivity index (χ2v) is 8.78. The van der Waals surface area contributed by atoms with E-state index in [0.717, 1.165) is 18.6 Å². The van der Waals surface area contributed by atoms with Crippen molar-refractivity contribution >= 4 is 37.2 Å². The molecule has 2 rings (SSSR count). The van der Waals surface area contributed by atoms with Gasteiger partial charge in [0.25, 0.3) is 15.0 Å². The lowest BCUT2D eigenvalue weighted by atomic mass is 9.93. The van der Waals surface area contributed by atoms with Gasteiger partial charge in [-0.25, -0.2) is 12.8 Å². The van der Waals surface area contributed by atoms with Gasteiger partial charge in [-0.3, -0.25) is 4.79 Å². The number of hydrogen-bond acceptors (Lipinski definition) is 3. The van der Waals surface area contributed by atoms with Crippen molar-refractivity contribution in [1.82, 2.24) is 4.90 Å². The molecule has 1 aromatic rings. The molecule has 1 aliphatic heterocycles. The SMILES string of the molecule is CC1(C)CCN(C(=O)c2cc(S(=O)(=O)Cl)c(Cl)cc2F)C1. The lowest BCUT2D eigenvalue weighted by molar-refractivity contribution is 0.0773. The highest BCUT2D eigenvalue weighted by Gasteiger charge is 2.34. The van der Waals surface area contributed by atoms with Gasteiger partial charge in [0.2, 0.25) is 0 Å². The molecular formula is C13H14Cl2FNO3S.